The summed E-state index contributed by atoms with van der Waals surface area (Å²) in [6.07, 6.45) is 9.38. The lowest BCUT2D eigenvalue weighted by atomic mass is 10.2. The van der Waals surface area contributed by atoms with Crippen molar-refractivity contribution in [1.82, 2.24) is 44.9 Å². The molecule has 0 fully saturated rings. The van der Waals surface area contributed by atoms with E-state index in [0.29, 0.717) is 17.1 Å². The van der Waals surface area contributed by atoms with E-state index in [0.717, 1.165) is 29.3 Å². The molecule has 0 bridgehead atoms. The molecule has 0 saturated heterocycles. The number of halogens is 1. The zero-order chi connectivity index (χ0) is 30.6. The van der Waals surface area contributed by atoms with Crippen LogP contribution in [0.2, 0.25) is 5.15 Å². The lowest BCUT2D eigenvalue weighted by Crippen LogP contribution is -2.05. The molecule has 0 aliphatic carbocycles. The molecule has 19 nitrogen and oxygen atoms in total. The molecule has 5 heterocycles. The molecule has 5 rings (SSSR count). The summed E-state index contributed by atoms with van der Waals surface area (Å²) in [4.78, 5) is 33.1. The number of rotatable bonds is 4. The number of nitro groups is 2. The van der Waals surface area contributed by atoms with Gasteiger partial charge in [0.15, 0.2) is 11.6 Å². The lowest BCUT2D eigenvalue weighted by Gasteiger charge is -2.01. The third kappa shape index (κ3) is 7.35. The quantitative estimate of drug-likeness (QED) is 0.179. The van der Waals surface area contributed by atoms with Crippen LogP contribution in [0, 0.1) is 54.2 Å². The fourth-order valence-electron chi connectivity index (χ4n) is 2.77. The summed E-state index contributed by atoms with van der Waals surface area (Å²) >= 11 is 5.44. The van der Waals surface area contributed by atoms with Gasteiger partial charge in [0.1, 0.15) is 46.9 Å². The van der Waals surface area contributed by atoms with Crippen LogP contribution in [-0.2, 0) is 0 Å². The second-order valence-electron chi connectivity index (χ2n) is 7.22. The number of hydrogen-bond donors (Lipinski definition) is 1. The smallest absolute Gasteiger partial charge is 0.289 e. The van der Waals surface area contributed by atoms with Crippen LogP contribution in [0.5, 0.6) is 0 Å². The Labute approximate surface area is 238 Å². The summed E-state index contributed by atoms with van der Waals surface area (Å²) < 4.78 is 0. The Morgan fingerprint density at radius 3 is 1.55 bits per heavy atom. The lowest BCUT2D eigenvalue weighted by molar-refractivity contribution is -0.385. The highest BCUT2D eigenvalue weighted by molar-refractivity contribution is 6.30. The van der Waals surface area contributed by atoms with Crippen LogP contribution >= 0.6 is 11.6 Å². The van der Waals surface area contributed by atoms with Crippen molar-refractivity contribution >= 4 is 28.7 Å². The fourth-order valence-corrected chi connectivity index (χ4v) is 2.91. The van der Waals surface area contributed by atoms with Gasteiger partial charge in [0, 0.05) is 12.1 Å². The van der Waals surface area contributed by atoms with E-state index < -0.39 is 9.85 Å². The van der Waals surface area contributed by atoms with Gasteiger partial charge in [-0.15, -0.1) is 9.59 Å². The maximum atomic E-state index is 10.5. The molecule has 20 heteroatoms. The number of pyridine rings is 3. The molecule has 0 radical (unpaired) electrons. The first-order valence-corrected chi connectivity index (χ1v) is 11.2. The van der Waals surface area contributed by atoms with Gasteiger partial charge in [0.2, 0.25) is 0 Å². The van der Waals surface area contributed by atoms with Gasteiger partial charge < -0.3 is 5.73 Å². The molecule has 5 aromatic rings. The van der Waals surface area contributed by atoms with Gasteiger partial charge in [-0.3, -0.25) is 20.2 Å². The summed E-state index contributed by atoms with van der Waals surface area (Å²) in [6, 6.07) is 9.23. The van der Waals surface area contributed by atoms with Crippen molar-refractivity contribution in [3.63, 3.8) is 0 Å². The van der Waals surface area contributed by atoms with Crippen molar-refractivity contribution in [2.45, 2.75) is 0 Å². The molecule has 0 aliphatic heterocycles. The van der Waals surface area contributed by atoms with E-state index in [1.165, 1.54) is 41.8 Å². The normalized spacial score (nSPS) is 9.48. The second kappa shape index (κ2) is 13.8. The van der Waals surface area contributed by atoms with E-state index in [9.17, 15) is 20.2 Å². The van der Waals surface area contributed by atoms with Gasteiger partial charge in [-0.2, -0.15) is 36.2 Å². The molecule has 0 atom stereocenters. The van der Waals surface area contributed by atoms with Crippen LogP contribution in [0.25, 0.3) is 11.6 Å². The summed E-state index contributed by atoms with van der Waals surface area (Å²) in [5.74, 6) is 0.546. The molecule has 0 aliphatic rings. The molecule has 0 saturated carbocycles. The van der Waals surface area contributed by atoms with E-state index in [1.807, 2.05) is 12.1 Å². The zero-order valence-corrected chi connectivity index (χ0v) is 21.4. The average Bonchev–Trinajstić information content (AvgIpc) is 3.73. The van der Waals surface area contributed by atoms with Crippen LogP contribution in [-0.4, -0.2) is 54.8 Å². The highest BCUT2D eigenvalue weighted by Crippen LogP contribution is 2.18. The number of nitrogens with zero attached hydrogens (tertiary/aromatic N) is 14. The molecule has 0 aromatic carbocycles. The first kappa shape index (κ1) is 29.6. The highest BCUT2D eigenvalue weighted by atomic mass is 35.5. The second-order valence-corrected chi connectivity index (χ2v) is 7.58. The molecule has 0 unspecified atom stereocenters. The fraction of sp³-hybridized carbons (Fsp3) is 0. The van der Waals surface area contributed by atoms with Gasteiger partial charge in [-0.1, -0.05) is 11.6 Å². The highest BCUT2D eigenvalue weighted by Gasteiger charge is 2.14. The van der Waals surface area contributed by atoms with E-state index >= 15 is 0 Å². The van der Waals surface area contributed by atoms with E-state index in [-0.39, 0.29) is 33.5 Å². The van der Waals surface area contributed by atoms with Gasteiger partial charge in [-0.25, -0.2) is 15.0 Å². The standard InChI is InChI=1S/C8H4N6O2.C8H6N6.C6H2ClN3O2/c9-4-6-3-7(14(15)16)5-10-8(6)13-11-1-2-12-13;9-4-6-3-7(10)5-11-8(6)14-12-1-2-13-14;7-6-4(2-8)1-5(3-9-6)10(11)12/h1-3,5H;1-3,5H,10H2;1,3H. The van der Waals surface area contributed by atoms with Crippen molar-refractivity contribution in [1.29, 1.82) is 15.8 Å². The van der Waals surface area contributed by atoms with Crippen molar-refractivity contribution in [2.24, 2.45) is 0 Å². The summed E-state index contributed by atoms with van der Waals surface area (Å²) in [7, 11) is 0. The predicted octanol–water partition coefficient (Wildman–Crippen LogP) is 2.07. The molecule has 42 heavy (non-hydrogen) atoms. The van der Waals surface area contributed by atoms with Crippen molar-refractivity contribution in [3.05, 3.63) is 104 Å². The number of hydrogen-bond acceptors (Lipinski definition) is 15. The average molecular weight is 586 g/mol. The SMILES string of the molecule is N#Cc1cc(N)cnc1-n1nccn1.N#Cc1cc([N+](=O)[O-])cnc1-n1nccn1.N#Cc1cc([N+](=O)[O-])cnc1Cl. The minimum absolute atomic E-state index is 0.00543. The van der Waals surface area contributed by atoms with Gasteiger partial charge >= 0.3 is 0 Å². The summed E-state index contributed by atoms with van der Waals surface area (Å²) in [5, 5.41) is 62.1. The Hall–Kier alpha value is -6.91. The van der Waals surface area contributed by atoms with E-state index in [1.54, 1.807) is 6.07 Å². The van der Waals surface area contributed by atoms with E-state index in [4.69, 9.17) is 33.1 Å². The molecule has 206 valence electrons. The first-order valence-electron chi connectivity index (χ1n) is 10.8. The molecule has 5 aromatic heterocycles. The molecule has 0 amide bonds. The van der Waals surface area contributed by atoms with Crippen LogP contribution in [0.15, 0.2) is 61.6 Å². The van der Waals surface area contributed by atoms with Crippen molar-refractivity contribution in [2.75, 3.05) is 5.73 Å². The molecule has 0 spiro atoms. The van der Waals surface area contributed by atoms with Crippen LogP contribution in [0.3, 0.4) is 0 Å². The van der Waals surface area contributed by atoms with Crippen LogP contribution in [0.1, 0.15) is 16.7 Å². The summed E-state index contributed by atoms with van der Waals surface area (Å²) in [6.45, 7) is 0. The Balaban J connectivity index is 0.000000175. The third-order valence-electron chi connectivity index (χ3n) is 4.56. The van der Waals surface area contributed by atoms with E-state index in [2.05, 4.69) is 35.3 Å². The summed E-state index contributed by atoms with van der Waals surface area (Å²) in [5.41, 5.74) is 5.85. The zero-order valence-electron chi connectivity index (χ0n) is 20.6. The predicted molar refractivity (Wildman–Crippen MR) is 139 cm³/mol. The Bertz CT molecular complexity index is 1860. The van der Waals surface area contributed by atoms with Crippen molar-refractivity contribution in [3.8, 4) is 29.8 Å². The largest absolute Gasteiger partial charge is 0.397 e. The number of nitrogen functional groups attached to an aromatic ring is 1. The monoisotopic (exact) mass is 585 g/mol. The Morgan fingerprint density at radius 1 is 0.690 bits per heavy atom. The molecular formula is C22H12ClN15O4. The molecule has 2 N–H and O–H groups in total. The van der Waals surface area contributed by atoms with Crippen molar-refractivity contribution < 1.29 is 9.85 Å². The third-order valence-corrected chi connectivity index (χ3v) is 4.87. The van der Waals surface area contributed by atoms with Crippen LogP contribution in [0.4, 0.5) is 17.1 Å². The number of aromatic nitrogens is 9. The Kier molecular flexibility index (Phi) is 9.71. The maximum Gasteiger partial charge on any atom is 0.289 e. The Morgan fingerprint density at radius 2 is 1.10 bits per heavy atom. The minimum atomic E-state index is -0.635. The van der Waals surface area contributed by atoms with Gasteiger partial charge in [-0.05, 0) is 6.07 Å². The number of anilines is 1. The number of nitrogens with two attached hydrogens (primary N) is 1. The topological polar surface area (TPSA) is 284 Å². The molecular weight excluding hydrogens is 574 g/mol. The first-order chi connectivity index (χ1) is 20.2. The minimum Gasteiger partial charge on any atom is -0.397 e. The number of nitriles is 3. The van der Waals surface area contributed by atoms with Crippen LogP contribution < -0.4 is 5.73 Å². The van der Waals surface area contributed by atoms with Gasteiger partial charge in [0.05, 0.1) is 52.1 Å². The van der Waals surface area contributed by atoms with Gasteiger partial charge in [0.25, 0.3) is 11.4 Å². The maximum absolute atomic E-state index is 10.5.